The van der Waals surface area contributed by atoms with Crippen molar-refractivity contribution < 1.29 is 0 Å². The van der Waals surface area contributed by atoms with Gasteiger partial charge in [0.1, 0.15) is 6.33 Å². The largest absolute Gasteiger partial charge is 0.309 e. The number of rotatable bonds is 6. The molecule has 0 saturated heterocycles. The molecule has 0 fully saturated rings. The smallest absolute Gasteiger partial charge is 0.163 e. The molecule has 3 heterocycles. The van der Waals surface area contributed by atoms with Gasteiger partial charge >= 0.3 is 0 Å². The van der Waals surface area contributed by atoms with Crippen molar-refractivity contribution in [3.05, 3.63) is 200 Å². The Morgan fingerprint density at radius 3 is 1.00 bits per heavy atom. The third kappa shape index (κ3) is 5.29. The quantitative estimate of drug-likeness (QED) is 0.172. The second kappa shape index (κ2) is 13.0. The molecule has 56 heavy (non-hydrogen) atoms. The molecule has 0 spiro atoms. The average molecular weight is 716 g/mol. The van der Waals surface area contributed by atoms with E-state index in [9.17, 15) is 0 Å². The molecular weight excluding hydrogens is 683 g/mol. The third-order valence-electron chi connectivity index (χ3n) is 10.8. The highest BCUT2D eigenvalue weighted by Crippen LogP contribution is 2.36. The van der Waals surface area contributed by atoms with Crippen LogP contribution in [0.5, 0.6) is 0 Å². The Bertz CT molecular complexity index is 2960. The van der Waals surface area contributed by atoms with E-state index in [1.807, 2.05) is 0 Å². The topological polar surface area (TPSA) is 48.5 Å². The van der Waals surface area contributed by atoms with Gasteiger partial charge in [-0.05, 0) is 82.9 Å². The fraction of sp³-hybridized carbons (Fsp3) is 0. The molecule has 11 aromatic rings. The molecule has 0 saturated carbocycles. The summed E-state index contributed by atoms with van der Waals surface area (Å²) in [5.41, 5.74) is 13.3. The van der Waals surface area contributed by atoms with E-state index in [1.54, 1.807) is 6.33 Å². The van der Waals surface area contributed by atoms with Crippen LogP contribution in [0.1, 0.15) is 0 Å². The second-order valence-electron chi connectivity index (χ2n) is 14.1. The van der Waals surface area contributed by atoms with Crippen molar-refractivity contribution in [2.45, 2.75) is 0 Å². The van der Waals surface area contributed by atoms with Crippen molar-refractivity contribution in [1.82, 2.24) is 24.1 Å². The molecule has 0 atom stereocenters. The number of fused-ring (bicyclic) bond motifs is 6. The maximum Gasteiger partial charge on any atom is 0.163 e. The number of benzene rings is 8. The normalized spacial score (nSPS) is 11.6. The number of nitrogens with zero attached hydrogens (tertiary/aromatic N) is 5. The van der Waals surface area contributed by atoms with Crippen LogP contribution in [0.15, 0.2) is 200 Å². The van der Waals surface area contributed by atoms with Crippen molar-refractivity contribution in [3.8, 4) is 56.4 Å². The first-order valence-electron chi connectivity index (χ1n) is 18.8. The molecule has 0 N–H and O–H groups in total. The van der Waals surface area contributed by atoms with E-state index in [0.29, 0.717) is 11.6 Å². The van der Waals surface area contributed by atoms with Crippen LogP contribution in [0.4, 0.5) is 0 Å². The molecule has 0 radical (unpaired) electrons. The highest BCUT2D eigenvalue weighted by atomic mass is 15.0. The van der Waals surface area contributed by atoms with E-state index in [4.69, 9.17) is 4.98 Å². The maximum absolute atomic E-state index is 5.01. The summed E-state index contributed by atoms with van der Waals surface area (Å²) in [6.07, 6.45) is 1.61. The molecule has 262 valence electrons. The number of aromatic nitrogens is 5. The fourth-order valence-electron chi connectivity index (χ4n) is 8.30. The van der Waals surface area contributed by atoms with Gasteiger partial charge in [0.2, 0.25) is 0 Å². The summed E-state index contributed by atoms with van der Waals surface area (Å²) >= 11 is 0. The van der Waals surface area contributed by atoms with Crippen molar-refractivity contribution in [2.75, 3.05) is 0 Å². The summed E-state index contributed by atoms with van der Waals surface area (Å²) in [5.74, 6) is 1.27. The van der Waals surface area contributed by atoms with Crippen LogP contribution in [0.25, 0.3) is 100 Å². The monoisotopic (exact) mass is 715 g/mol. The molecule has 5 nitrogen and oxygen atoms in total. The molecule has 0 unspecified atom stereocenters. The van der Waals surface area contributed by atoms with Gasteiger partial charge in [-0.3, -0.25) is 0 Å². The summed E-state index contributed by atoms with van der Waals surface area (Å²) in [4.78, 5) is 14.3. The summed E-state index contributed by atoms with van der Waals surface area (Å²) in [5, 5.41) is 5.00. The predicted molar refractivity (Wildman–Crippen MR) is 230 cm³/mol. The predicted octanol–water partition coefficient (Wildman–Crippen LogP) is 12.7. The Morgan fingerprint density at radius 1 is 0.286 bits per heavy atom. The Kier molecular flexibility index (Phi) is 7.42. The number of hydrogen-bond donors (Lipinski definition) is 0. The first kappa shape index (κ1) is 31.9. The zero-order chi connectivity index (χ0) is 37.0. The van der Waals surface area contributed by atoms with Crippen LogP contribution in [0.3, 0.4) is 0 Å². The van der Waals surface area contributed by atoms with Gasteiger partial charge in [0, 0.05) is 44.0 Å². The van der Waals surface area contributed by atoms with Crippen molar-refractivity contribution in [1.29, 1.82) is 0 Å². The summed E-state index contributed by atoms with van der Waals surface area (Å²) in [7, 11) is 0. The molecule has 0 bridgehead atoms. The Labute approximate surface area is 323 Å². The lowest BCUT2D eigenvalue weighted by molar-refractivity contribution is 1.07. The van der Waals surface area contributed by atoms with E-state index in [2.05, 4.69) is 213 Å². The van der Waals surface area contributed by atoms with Crippen molar-refractivity contribution in [3.63, 3.8) is 0 Å². The lowest BCUT2D eigenvalue weighted by Gasteiger charge is -2.12. The minimum atomic E-state index is 0.633. The van der Waals surface area contributed by atoms with Gasteiger partial charge in [-0.15, -0.1) is 0 Å². The van der Waals surface area contributed by atoms with E-state index >= 15 is 0 Å². The molecule has 0 aliphatic carbocycles. The lowest BCUT2D eigenvalue weighted by Crippen LogP contribution is -1.96. The van der Waals surface area contributed by atoms with Crippen molar-refractivity contribution >= 4 is 43.6 Å². The summed E-state index contributed by atoms with van der Waals surface area (Å²) < 4.78 is 4.70. The molecule has 0 aliphatic rings. The van der Waals surface area contributed by atoms with Gasteiger partial charge < -0.3 is 9.13 Å². The van der Waals surface area contributed by atoms with Crippen LogP contribution in [0, 0.1) is 0 Å². The highest BCUT2D eigenvalue weighted by molar-refractivity contribution is 6.10. The Hall–Kier alpha value is -7.63. The molecule has 5 heteroatoms. The van der Waals surface area contributed by atoms with Crippen LogP contribution in [-0.2, 0) is 0 Å². The molecular formula is C51H33N5. The van der Waals surface area contributed by atoms with Gasteiger partial charge in [0.15, 0.2) is 11.6 Å². The molecule has 11 rings (SSSR count). The molecule has 8 aromatic carbocycles. The third-order valence-corrected chi connectivity index (χ3v) is 10.8. The van der Waals surface area contributed by atoms with Crippen LogP contribution < -0.4 is 0 Å². The van der Waals surface area contributed by atoms with E-state index in [-0.39, 0.29) is 0 Å². The van der Waals surface area contributed by atoms with E-state index < -0.39 is 0 Å². The molecule has 0 aliphatic heterocycles. The maximum atomic E-state index is 5.01. The van der Waals surface area contributed by atoms with Gasteiger partial charge in [-0.1, -0.05) is 133 Å². The molecule has 0 amide bonds. The zero-order valence-corrected chi connectivity index (χ0v) is 30.3. The fourth-order valence-corrected chi connectivity index (χ4v) is 8.30. The van der Waals surface area contributed by atoms with Crippen molar-refractivity contribution in [2.24, 2.45) is 0 Å². The average Bonchev–Trinajstić information content (AvgIpc) is 3.80. The molecule has 3 aromatic heterocycles. The zero-order valence-electron chi connectivity index (χ0n) is 30.3. The summed E-state index contributed by atoms with van der Waals surface area (Å²) in [6, 6.07) is 68.8. The van der Waals surface area contributed by atoms with E-state index in [1.165, 1.54) is 43.6 Å². The van der Waals surface area contributed by atoms with Gasteiger partial charge in [-0.2, -0.15) is 0 Å². The Morgan fingerprint density at radius 2 is 0.607 bits per heavy atom. The van der Waals surface area contributed by atoms with Crippen LogP contribution in [0.2, 0.25) is 0 Å². The SMILES string of the molecule is c1cc(-c2cccc(-n3c4ccccc4c4ccccc43)c2)cc(-c2ncnc(-c3cccc(-c4cccc(-n5c6ccccc6c6ccccc65)c4)c3)n2)c1. The standard InChI is InChI=1S/C51H33N5/c1-5-25-46-42(21-1)43-22-2-6-26-47(43)55(46)40-19-11-15-36(31-40)34-13-9-17-38(29-34)50-52-33-53-51(54-50)39-18-10-14-35(30-39)37-16-12-20-41(32-37)56-48-27-7-3-23-44(48)45-24-4-8-28-49(45)56/h1-33H. The van der Waals surface area contributed by atoms with Crippen LogP contribution >= 0.6 is 0 Å². The van der Waals surface area contributed by atoms with Gasteiger partial charge in [0.05, 0.1) is 22.1 Å². The summed E-state index contributed by atoms with van der Waals surface area (Å²) in [6.45, 7) is 0. The number of para-hydroxylation sites is 4. The Balaban J connectivity index is 0.929. The second-order valence-corrected chi connectivity index (χ2v) is 14.1. The lowest BCUT2D eigenvalue weighted by atomic mass is 10.0. The van der Waals surface area contributed by atoms with E-state index in [0.717, 1.165) is 44.8 Å². The minimum absolute atomic E-state index is 0.633. The minimum Gasteiger partial charge on any atom is -0.309 e. The highest BCUT2D eigenvalue weighted by Gasteiger charge is 2.15. The van der Waals surface area contributed by atoms with Crippen LogP contribution in [-0.4, -0.2) is 24.1 Å². The first-order chi connectivity index (χ1) is 27.8. The van der Waals surface area contributed by atoms with Gasteiger partial charge in [-0.25, -0.2) is 15.0 Å². The van der Waals surface area contributed by atoms with Gasteiger partial charge in [0.25, 0.3) is 0 Å². The number of hydrogen-bond acceptors (Lipinski definition) is 3. The first-order valence-corrected chi connectivity index (χ1v) is 18.8.